The van der Waals surface area contributed by atoms with Gasteiger partial charge in [-0.2, -0.15) is 4.31 Å². The van der Waals surface area contributed by atoms with Crippen LogP contribution in [0, 0.1) is 10.1 Å². The Morgan fingerprint density at radius 1 is 1.13 bits per heavy atom. The molecule has 0 atom stereocenters. The number of hydrogen-bond acceptors (Lipinski definition) is 8. The van der Waals surface area contributed by atoms with Crippen LogP contribution in [0.1, 0.15) is 0 Å². The predicted octanol–water partition coefficient (Wildman–Crippen LogP) is 2.55. The van der Waals surface area contributed by atoms with Gasteiger partial charge in [-0.1, -0.05) is 30.3 Å². The lowest BCUT2D eigenvalue weighted by Crippen LogP contribution is -2.40. The Kier molecular flexibility index (Phi) is 5.81. The number of sulfonamides is 1. The first-order valence-electron chi connectivity index (χ1n) is 8.97. The lowest BCUT2D eigenvalue weighted by Gasteiger charge is -2.26. The van der Waals surface area contributed by atoms with Gasteiger partial charge in [0.2, 0.25) is 15.2 Å². The predicted molar refractivity (Wildman–Crippen MR) is 109 cm³/mol. The fraction of sp³-hybridized carbons (Fsp3) is 0.222. The highest BCUT2D eigenvalue weighted by Gasteiger charge is 2.29. The van der Waals surface area contributed by atoms with E-state index in [1.807, 2.05) is 30.3 Å². The van der Waals surface area contributed by atoms with E-state index in [9.17, 15) is 18.5 Å². The first-order chi connectivity index (χ1) is 14.4. The SMILES string of the molecule is O=[N+]([O-])c1cc(S(=O)(=O)N2CCOCC2)ccc1Sc1n[nH]c(-c2ccccc2)n1. The monoisotopic (exact) mass is 447 g/mol. The lowest BCUT2D eigenvalue weighted by atomic mass is 10.2. The number of nitrogens with one attached hydrogen (secondary N) is 1. The molecule has 0 spiro atoms. The number of nitrogens with zero attached hydrogens (tertiary/aromatic N) is 4. The standard InChI is InChI=1S/C18H17N5O5S2/c24-23(25)15-12-14(30(26,27)22-8-10-28-11-9-22)6-7-16(15)29-18-19-17(20-21-18)13-4-2-1-3-5-13/h1-7,12H,8-11H2,(H,19,20,21). The number of aromatic amines is 1. The van der Waals surface area contributed by atoms with Crippen molar-refractivity contribution in [2.45, 2.75) is 14.9 Å². The maximum Gasteiger partial charge on any atom is 0.284 e. The summed E-state index contributed by atoms with van der Waals surface area (Å²) in [7, 11) is -3.84. The van der Waals surface area contributed by atoms with Crippen molar-refractivity contribution in [3.63, 3.8) is 0 Å². The number of hydrogen-bond donors (Lipinski definition) is 1. The molecule has 1 N–H and O–H groups in total. The molecule has 0 aliphatic carbocycles. The van der Waals surface area contributed by atoms with Gasteiger partial charge in [0.25, 0.3) is 5.69 Å². The topological polar surface area (TPSA) is 131 Å². The van der Waals surface area contributed by atoms with Crippen LogP contribution < -0.4 is 0 Å². The fourth-order valence-electron chi connectivity index (χ4n) is 2.94. The van der Waals surface area contributed by atoms with E-state index in [0.717, 1.165) is 23.4 Å². The molecule has 2 heterocycles. The molecule has 1 aromatic heterocycles. The minimum absolute atomic E-state index is 0.125. The molecule has 1 aliphatic heterocycles. The summed E-state index contributed by atoms with van der Waals surface area (Å²) in [5.41, 5.74) is 0.513. The van der Waals surface area contributed by atoms with Gasteiger partial charge in [-0.25, -0.2) is 13.4 Å². The summed E-state index contributed by atoms with van der Waals surface area (Å²) in [6.07, 6.45) is 0. The molecule has 30 heavy (non-hydrogen) atoms. The number of benzene rings is 2. The minimum atomic E-state index is -3.84. The second-order valence-electron chi connectivity index (χ2n) is 6.34. The van der Waals surface area contributed by atoms with Crippen molar-refractivity contribution in [1.29, 1.82) is 0 Å². The van der Waals surface area contributed by atoms with Crippen LogP contribution in [-0.2, 0) is 14.8 Å². The lowest BCUT2D eigenvalue weighted by molar-refractivity contribution is -0.388. The summed E-state index contributed by atoms with van der Waals surface area (Å²) in [4.78, 5) is 15.5. The highest BCUT2D eigenvalue weighted by atomic mass is 32.2. The van der Waals surface area contributed by atoms with Gasteiger partial charge in [0, 0.05) is 24.7 Å². The Balaban J connectivity index is 1.62. The molecule has 1 aliphatic rings. The van der Waals surface area contributed by atoms with Gasteiger partial charge in [0.1, 0.15) is 0 Å². The molecule has 10 nitrogen and oxygen atoms in total. The molecule has 0 radical (unpaired) electrons. The molecule has 4 rings (SSSR count). The van der Waals surface area contributed by atoms with Crippen molar-refractivity contribution in [2.75, 3.05) is 26.3 Å². The first-order valence-corrected chi connectivity index (χ1v) is 11.2. The van der Waals surface area contributed by atoms with Crippen LogP contribution in [0.4, 0.5) is 5.69 Å². The average Bonchev–Trinajstić information content (AvgIpc) is 3.23. The number of nitro groups is 1. The largest absolute Gasteiger partial charge is 0.379 e. The van der Waals surface area contributed by atoms with Crippen molar-refractivity contribution in [2.24, 2.45) is 0 Å². The van der Waals surface area contributed by atoms with E-state index in [0.29, 0.717) is 24.2 Å². The zero-order valence-electron chi connectivity index (χ0n) is 15.6. The molecule has 1 fully saturated rings. The molecule has 2 aromatic carbocycles. The van der Waals surface area contributed by atoms with Gasteiger partial charge in [0.15, 0.2) is 5.82 Å². The Bertz CT molecular complexity index is 1160. The van der Waals surface area contributed by atoms with Gasteiger partial charge in [0.05, 0.1) is 27.9 Å². The van der Waals surface area contributed by atoms with Crippen LogP contribution >= 0.6 is 11.8 Å². The highest BCUT2D eigenvalue weighted by Crippen LogP contribution is 2.35. The van der Waals surface area contributed by atoms with Crippen LogP contribution in [0.3, 0.4) is 0 Å². The van der Waals surface area contributed by atoms with Gasteiger partial charge in [-0.05, 0) is 23.9 Å². The number of ether oxygens (including phenoxy) is 1. The molecule has 0 unspecified atom stereocenters. The Hall–Kier alpha value is -2.80. The Morgan fingerprint density at radius 3 is 2.57 bits per heavy atom. The zero-order chi connectivity index (χ0) is 21.1. The summed E-state index contributed by atoms with van der Waals surface area (Å²) >= 11 is 0.989. The molecular weight excluding hydrogens is 430 g/mol. The molecule has 1 saturated heterocycles. The quantitative estimate of drug-likeness (QED) is 0.450. The molecule has 12 heteroatoms. The number of morpholine rings is 1. The van der Waals surface area contributed by atoms with Gasteiger partial charge < -0.3 is 4.74 Å². The molecule has 3 aromatic rings. The molecular formula is C18H17N5O5S2. The number of nitro benzene ring substituents is 1. The van der Waals surface area contributed by atoms with Crippen LogP contribution in [0.15, 0.2) is 63.5 Å². The van der Waals surface area contributed by atoms with E-state index in [4.69, 9.17) is 4.74 Å². The molecule has 0 bridgehead atoms. The highest BCUT2D eigenvalue weighted by molar-refractivity contribution is 7.99. The number of aromatic nitrogens is 3. The van der Waals surface area contributed by atoms with Crippen LogP contribution in [0.25, 0.3) is 11.4 Å². The smallest absolute Gasteiger partial charge is 0.284 e. The summed E-state index contributed by atoms with van der Waals surface area (Å²) in [6, 6.07) is 13.2. The van der Waals surface area contributed by atoms with E-state index < -0.39 is 14.9 Å². The first kappa shape index (κ1) is 20.5. The van der Waals surface area contributed by atoms with Crippen molar-refractivity contribution in [3.05, 3.63) is 58.6 Å². The van der Waals surface area contributed by atoms with E-state index in [2.05, 4.69) is 15.2 Å². The third kappa shape index (κ3) is 4.21. The van der Waals surface area contributed by atoms with Crippen LogP contribution in [0.2, 0.25) is 0 Å². The van der Waals surface area contributed by atoms with E-state index in [1.54, 1.807) is 0 Å². The number of rotatable bonds is 6. The van der Waals surface area contributed by atoms with Crippen LogP contribution in [0.5, 0.6) is 0 Å². The van der Waals surface area contributed by atoms with Gasteiger partial charge >= 0.3 is 0 Å². The molecule has 156 valence electrons. The maximum absolute atomic E-state index is 12.8. The summed E-state index contributed by atoms with van der Waals surface area (Å²) in [5, 5.41) is 18.8. The van der Waals surface area contributed by atoms with E-state index in [-0.39, 0.29) is 28.6 Å². The second-order valence-corrected chi connectivity index (χ2v) is 9.28. The Morgan fingerprint density at radius 2 is 1.87 bits per heavy atom. The fourth-order valence-corrected chi connectivity index (χ4v) is 5.17. The molecule has 0 saturated carbocycles. The summed E-state index contributed by atoms with van der Waals surface area (Å²) in [5.74, 6) is 0.535. The van der Waals surface area contributed by atoms with Crippen molar-refractivity contribution in [3.8, 4) is 11.4 Å². The number of H-pyrrole nitrogens is 1. The van der Waals surface area contributed by atoms with Crippen molar-refractivity contribution >= 4 is 27.5 Å². The normalized spacial score (nSPS) is 15.2. The summed E-state index contributed by atoms with van der Waals surface area (Å²) in [6.45, 7) is 1.02. The Labute approximate surface area is 176 Å². The minimum Gasteiger partial charge on any atom is -0.379 e. The summed E-state index contributed by atoms with van der Waals surface area (Å²) < 4.78 is 32.1. The van der Waals surface area contributed by atoms with Crippen molar-refractivity contribution in [1.82, 2.24) is 19.5 Å². The average molecular weight is 447 g/mol. The van der Waals surface area contributed by atoms with Crippen molar-refractivity contribution < 1.29 is 18.1 Å². The zero-order valence-corrected chi connectivity index (χ0v) is 17.2. The third-order valence-corrected chi connectivity index (χ3v) is 7.27. The van der Waals surface area contributed by atoms with E-state index >= 15 is 0 Å². The third-order valence-electron chi connectivity index (χ3n) is 4.45. The second kappa shape index (κ2) is 8.52. The molecule has 0 amide bonds. The maximum atomic E-state index is 12.8. The van der Waals surface area contributed by atoms with E-state index in [1.165, 1.54) is 16.4 Å². The van der Waals surface area contributed by atoms with Crippen LogP contribution in [-0.4, -0.2) is 59.1 Å². The van der Waals surface area contributed by atoms with Gasteiger partial charge in [-0.15, -0.1) is 5.10 Å². The van der Waals surface area contributed by atoms with Gasteiger partial charge in [-0.3, -0.25) is 15.2 Å².